The molecule has 39 heavy (non-hydrogen) atoms. The molecule has 0 fully saturated rings. The highest BCUT2D eigenvalue weighted by Crippen LogP contribution is 2.26. The summed E-state index contributed by atoms with van der Waals surface area (Å²) < 4.78 is 28.8. The quantitative estimate of drug-likeness (QED) is 0.338. The second-order valence-corrected chi connectivity index (χ2v) is 12.4. The van der Waals surface area contributed by atoms with Crippen molar-refractivity contribution in [1.29, 1.82) is 0 Å². The monoisotopic (exact) mass is 569 g/mol. The van der Waals surface area contributed by atoms with E-state index in [9.17, 15) is 18.0 Å². The van der Waals surface area contributed by atoms with Crippen LogP contribution in [0.25, 0.3) is 0 Å². The Balaban J connectivity index is 2.01. The predicted molar refractivity (Wildman–Crippen MR) is 156 cm³/mol. The van der Waals surface area contributed by atoms with Crippen LogP contribution in [0.15, 0.2) is 77.7 Å². The van der Waals surface area contributed by atoms with Crippen LogP contribution in [0.1, 0.15) is 37.5 Å². The number of nitrogens with one attached hydrogen (secondary N) is 1. The Hall–Kier alpha value is -3.36. The predicted octanol–water partition coefficient (Wildman–Crippen LogP) is 5.34. The standard InChI is InChI=1S/C30H36ClN3O4S/c1-21(2)18-32-30(36)24(5)33(19-25-11-13-26(31)14-12-25)29(35)20-34(27-8-6-7-23(4)17-27)39(37,38)28-15-9-22(3)10-16-28/h6-17,21,24H,18-20H2,1-5H3,(H,32,36). The van der Waals surface area contributed by atoms with Crippen molar-refractivity contribution in [3.05, 3.63) is 94.5 Å². The van der Waals surface area contributed by atoms with Gasteiger partial charge in [0.15, 0.2) is 0 Å². The van der Waals surface area contributed by atoms with Crippen molar-refractivity contribution in [1.82, 2.24) is 10.2 Å². The maximum absolute atomic E-state index is 13.9. The SMILES string of the molecule is Cc1ccc(S(=O)(=O)N(CC(=O)N(Cc2ccc(Cl)cc2)C(C)C(=O)NCC(C)C)c2cccc(C)c2)cc1. The Morgan fingerprint density at radius 1 is 0.897 bits per heavy atom. The van der Waals surface area contributed by atoms with Crippen LogP contribution < -0.4 is 9.62 Å². The van der Waals surface area contributed by atoms with Crippen LogP contribution in [0.2, 0.25) is 5.02 Å². The second-order valence-electron chi connectivity index (χ2n) is 10.1. The molecule has 0 aliphatic carbocycles. The summed E-state index contributed by atoms with van der Waals surface area (Å²) >= 11 is 6.04. The van der Waals surface area contributed by atoms with Gasteiger partial charge in [-0.05, 0) is 74.2 Å². The van der Waals surface area contributed by atoms with Crippen LogP contribution in [0.3, 0.4) is 0 Å². The average Bonchev–Trinajstić information content (AvgIpc) is 2.89. The van der Waals surface area contributed by atoms with Gasteiger partial charge in [0.25, 0.3) is 10.0 Å². The molecule has 1 N–H and O–H groups in total. The molecule has 7 nitrogen and oxygen atoms in total. The van der Waals surface area contributed by atoms with Gasteiger partial charge in [0.2, 0.25) is 11.8 Å². The lowest BCUT2D eigenvalue weighted by Gasteiger charge is -2.32. The normalized spacial score (nSPS) is 12.2. The molecule has 1 unspecified atom stereocenters. The van der Waals surface area contributed by atoms with E-state index in [0.717, 1.165) is 21.0 Å². The number of carbonyl (C=O) groups excluding carboxylic acids is 2. The lowest BCUT2D eigenvalue weighted by molar-refractivity contribution is -0.139. The molecule has 3 aromatic carbocycles. The number of amides is 2. The summed E-state index contributed by atoms with van der Waals surface area (Å²) in [7, 11) is -4.09. The highest BCUT2D eigenvalue weighted by Gasteiger charge is 2.32. The zero-order valence-corrected chi connectivity index (χ0v) is 24.6. The fraction of sp³-hybridized carbons (Fsp3) is 0.333. The first-order valence-corrected chi connectivity index (χ1v) is 14.7. The average molecular weight is 570 g/mol. The fourth-order valence-electron chi connectivity index (χ4n) is 3.97. The maximum Gasteiger partial charge on any atom is 0.264 e. The summed E-state index contributed by atoms with van der Waals surface area (Å²) in [5.74, 6) is -0.582. The van der Waals surface area contributed by atoms with Crippen LogP contribution in [-0.2, 0) is 26.2 Å². The van der Waals surface area contributed by atoms with E-state index >= 15 is 0 Å². The van der Waals surface area contributed by atoms with Crippen LogP contribution >= 0.6 is 11.6 Å². The Bertz CT molecular complexity index is 1390. The first kappa shape index (κ1) is 30.2. The number of carbonyl (C=O) groups is 2. The molecule has 0 aliphatic rings. The number of aryl methyl sites for hydroxylation is 2. The van der Waals surface area contributed by atoms with Crippen molar-refractivity contribution < 1.29 is 18.0 Å². The Labute approximate surface area is 236 Å². The number of hydrogen-bond donors (Lipinski definition) is 1. The number of halogens is 1. The van der Waals surface area contributed by atoms with E-state index in [-0.39, 0.29) is 23.3 Å². The number of rotatable bonds is 11. The summed E-state index contributed by atoms with van der Waals surface area (Å²) in [4.78, 5) is 28.4. The molecule has 0 aliphatic heterocycles. The van der Waals surface area contributed by atoms with Gasteiger partial charge >= 0.3 is 0 Å². The zero-order valence-electron chi connectivity index (χ0n) is 23.0. The number of nitrogens with zero attached hydrogens (tertiary/aromatic N) is 2. The van der Waals surface area contributed by atoms with Crippen molar-refractivity contribution >= 4 is 39.1 Å². The molecule has 9 heteroatoms. The van der Waals surface area contributed by atoms with Crippen molar-refractivity contribution in [3.8, 4) is 0 Å². The Kier molecular flexibility index (Phi) is 10.2. The molecule has 0 spiro atoms. The van der Waals surface area contributed by atoms with E-state index in [1.165, 1.54) is 17.0 Å². The minimum absolute atomic E-state index is 0.0781. The number of benzene rings is 3. The third-order valence-corrected chi connectivity index (χ3v) is 8.34. The topological polar surface area (TPSA) is 86.8 Å². The summed E-state index contributed by atoms with van der Waals surface area (Å²) in [6.45, 7) is 9.44. The molecule has 0 radical (unpaired) electrons. The first-order valence-electron chi connectivity index (χ1n) is 12.9. The fourth-order valence-corrected chi connectivity index (χ4v) is 5.50. The summed E-state index contributed by atoms with van der Waals surface area (Å²) in [5, 5.41) is 3.43. The summed E-state index contributed by atoms with van der Waals surface area (Å²) in [6, 6.07) is 19.6. The van der Waals surface area contributed by atoms with Crippen LogP contribution in [-0.4, -0.2) is 44.3 Å². The van der Waals surface area contributed by atoms with Gasteiger partial charge in [-0.3, -0.25) is 13.9 Å². The lowest BCUT2D eigenvalue weighted by Crippen LogP contribution is -2.51. The molecular formula is C30H36ClN3O4S. The van der Waals surface area contributed by atoms with Gasteiger partial charge in [0, 0.05) is 18.1 Å². The molecule has 208 valence electrons. The number of sulfonamides is 1. The van der Waals surface area contributed by atoms with E-state index in [1.807, 2.05) is 33.8 Å². The van der Waals surface area contributed by atoms with Crippen molar-refractivity contribution in [2.75, 3.05) is 17.4 Å². The van der Waals surface area contributed by atoms with Gasteiger partial charge in [0.05, 0.1) is 10.6 Å². The molecule has 0 bridgehead atoms. The number of anilines is 1. The highest BCUT2D eigenvalue weighted by atomic mass is 35.5. The van der Waals surface area contributed by atoms with E-state index < -0.39 is 28.5 Å². The van der Waals surface area contributed by atoms with Crippen LogP contribution in [0.4, 0.5) is 5.69 Å². The van der Waals surface area contributed by atoms with Gasteiger partial charge < -0.3 is 10.2 Å². The van der Waals surface area contributed by atoms with Crippen molar-refractivity contribution in [2.45, 2.75) is 52.1 Å². The van der Waals surface area contributed by atoms with Gasteiger partial charge in [0.1, 0.15) is 12.6 Å². The minimum atomic E-state index is -4.09. The molecule has 3 rings (SSSR count). The van der Waals surface area contributed by atoms with E-state index in [2.05, 4.69) is 5.32 Å². The van der Waals surface area contributed by atoms with Crippen LogP contribution in [0.5, 0.6) is 0 Å². The summed E-state index contributed by atoms with van der Waals surface area (Å²) in [5.41, 5.74) is 2.90. The van der Waals surface area contributed by atoms with E-state index in [0.29, 0.717) is 17.3 Å². The maximum atomic E-state index is 13.9. The third kappa shape index (κ3) is 8.07. The van der Waals surface area contributed by atoms with Crippen LogP contribution in [0, 0.1) is 19.8 Å². The van der Waals surface area contributed by atoms with Crippen molar-refractivity contribution in [3.63, 3.8) is 0 Å². The smallest absolute Gasteiger partial charge is 0.264 e. The number of hydrogen-bond acceptors (Lipinski definition) is 4. The van der Waals surface area contributed by atoms with Gasteiger partial charge in [-0.15, -0.1) is 0 Å². The van der Waals surface area contributed by atoms with Gasteiger partial charge in [-0.2, -0.15) is 0 Å². The van der Waals surface area contributed by atoms with E-state index in [1.54, 1.807) is 61.5 Å². The Morgan fingerprint density at radius 2 is 1.54 bits per heavy atom. The molecule has 3 aromatic rings. The highest BCUT2D eigenvalue weighted by molar-refractivity contribution is 7.92. The van der Waals surface area contributed by atoms with Gasteiger partial charge in [-0.1, -0.05) is 67.4 Å². The van der Waals surface area contributed by atoms with E-state index in [4.69, 9.17) is 11.6 Å². The first-order chi connectivity index (χ1) is 18.4. The molecular weight excluding hydrogens is 534 g/mol. The largest absolute Gasteiger partial charge is 0.354 e. The lowest BCUT2D eigenvalue weighted by atomic mass is 10.1. The summed E-state index contributed by atoms with van der Waals surface area (Å²) in [6.07, 6.45) is 0. The third-order valence-electron chi connectivity index (χ3n) is 6.30. The van der Waals surface area contributed by atoms with Gasteiger partial charge in [-0.25, -0.2) is 8.42 Å². The molecule has 1 atom stereocenters. The second kappa shape index (κ2) is 13.1. The molecule has 0 saturated carbocycles. The molecule has 0 aromatic heterocycles. The molecule has 0 saturated heterocycles. The molecule has 2 amide bonds. The Morgan fingerprint density at radius 3 is 2.13 bits per heavy atom. The van der Waals surface area contributed by atoms with Crippen molar-refractivity contribution in [2.24, 2.45) is 5.92 Å². The minimum Gasteiger partial charge on any atom is -0.354 e. The zero-order chi connectivity index (χ0) is 28.7. The molecule has 0 heterocycles.